The van der Waals surface area contributed by atoms with Crippen LogP contribution in [-0.4, -0.2) is 52.0 Å². The maximum atomic E-state index is 11.5. The van der Waals surface area contributed by atoms with Crippen LogP contribution in [0.1, 0.15) is 0 Å². The first-order chi connectivity index (χ1) is 7.67. The van der Waals surface area contributed by atoms with E-state index in [0.29, 0.717) is 26.2 Å². The van der Waals surface area contributed by atoms with E-state index >= 15 is 0 Å². The van der Waals surface area contributed by atoms with Crippen LogP contribution in [0.2, 0.25) is 0 Å². The summed E-state index contributed by atoms with van der Waals surface area (Å²) in [6.45, 7) is 2.18. The summed E-state index contributed by atoms with van der Waals surface area (Å²) < 4.78 is 30.4. The van der Waals surface area contributed by atoms with E-state index in [1.807, 2.05) is 0 Å². The van der Waals surface area contributed by atoms with Gasteiger partial charge in [-0.15, -0.1) is 0 Å². The van der Waals surface area contributed by atoms with E-state index in [-0.39, 0.29) is 5.03 Å². The molecule has 3 N–H and O–H groups in total. The molecule has 0 atom stereocenters. The molecule has 0 radical (unpaired) electrons. The maximum absolute atomic E-state index is 11.5. The lowest BCUT2D eigenvalue weighted by atomic mass is 10.6. The van der Waals surface area contributed by atoms with Gasteiger partial charge in [-0.1, -0.05) is 0 Å². The summed E-state index contributed by atoms with van der Waals surface area (Å²) in [5.41, 5.74) is 0. The zero-order chi connectivity index (χ0) is 11.9. The Bertz CT molecular complexity index is 376. The molecule has 7 nitrogen and oxygen atoms in total. The molecule has 16 heavy (non-hydrogen) atoms. The summed E-state index contributed by atoms with van der Waals surface area (Å²) in [5.74, 6) is 0. The molecular formula is C8H16N4O3S. The molecule has 0 bridgehead atoms. The number of rotatable bonds is 8. The number of nitrogens with zero attached hydrogens (tertiary/aromatic N) is 1. The Morgan fingerprint density at radius 1 is 1.44 bits per heavy atom. The molecular weight excluding hydrogens is 232 g/mol. The minimum Gasteiger partial charge on any atom is -0.383 e. The Hall–Kier alpha value is -0.960. The predicted molar refractivity (Wildman–Crippen MR) is 58.5 cm³/mol. The SMILES string of the molecule is COCCNCCNS(=O)(=O)c1ccn[nH]1. The molecule has 0 saturated heterocycles. The van der Waals surface area contributed by atoms with E-state index in [9.17, 15) is 8.42 Å². The number of ether oxygens (including phenoxy) is 1. The number of sulfonamides is 1. The third-order valence-corrected chi connectivity index (χ3v) is 3.23. The number of aromatic amines is 1. The van der Waals surface area contributed by atoms with E-state index in [1.54, 1.807) is 7.11 Å². The molecule has 0 aromatic carbocycles. The lowest BCUT2D eigenvalue weighted by Crippen LogP contribution is -2.33. The summed E-state index contributed by atoms with van der Waals surface area (Å²) >= 11 is 0. The smallest absolute Gasteiger partial charge is 0.257 e. The molecule has 0 aliphatic heterocycles. The second-order valence-electron chi connectivity index (χ2n) is 3.06. The second-order valence-corrected chi connectivity index (χ2v) is 4.80. The van der Waals surface area contributed by atoms with Crippen molar-refractivity contribution in [1.82, 2.24) is 20.2 Å². The molecule has 1 heterocycles. The topological polar surface area (TPSA) is 96.1 Å². The normalized spacial score (nSPS) is 11.8. The third-order valence-electron chi connectivity index (χ3n) is 1.84. The number of nitrogens with one attached hydrogen (secondary N) is 3. The lowest BCUT2D eigenvalue weighted by Gasteiger charge is -2.05. The third kappa shape index (κ3) is 4.27. The monoisotopic (exact) mass is 248 g/mol. The van der Waals surface area contributed by atoms with Gasteiger partial charge in [-0.25, -0.2) is 13.1 Å². The van der Waals surface area contributed by atoms with Crippen LogP contribution in [0.3, 0.4) is 0 Å². The highest BCUT2D eigenvalue weighted by Gasteiger charge is 2.13. The molecule has 1 aromatic rings. The first kappa shape index (κ1) is 13.1. The van der Waals surface area contributed by atoms with Crippen LogP contribution in [0.4, 0.5) is 0 Å². The van der Waals surface area contributed by atoms with Crippen molar-refractivity contribution in [3.8, 4) is 0 Å². The Labute approximate surface area is 94.6 Å². The number of methoxy groups -OCH3 is 1. The lowest BCUT2D eigenvalue weighted by molar-refractivity contribution is 0.199. The Kier molecular flexibility index (Phi) is 5.39. The predicted octanol–water partition coefficient (Wildman–Crippen LogP) is -1.08. The number of aromatic nitrogens is 2. The average Bonchev–Trinajstić information content (AvgIpc) is 2.77. The molecule has 92 valence electrons. The molecule has 1 rings (SSSR count). The average molecular weight is 248 g/mol. The molecule has 0 aliphatic rings. The summed E-state index contributed by atoms with van der Waals surface area (Å²) in [6.07, 6.45) is 1.39. The van der Waals surface area contributed by atoms with Crippen LogP contribution in [0.15, 0.2) is 17.3 Å². The van der Waals surface area contributed by atoms with Crippen molar-refractivity contribution in [2.75, 3.05) is 33.4 Å². The van der Waals surface area contributed by atoms with Gasteiger partial charge in [0, 0.05) is 26.7 Å². The van der Waals surface area contributed by atoms with Crippen molar-refractivity contribution in [2.45, 2.75) is 5.03 Å². The van der Waals surface area contributed by atoms with Gasteiger partial charge in [-0.05, 0) is 6.07 Å². The van der Waals surface area contributed by atoms with Crippen molar-refractivity contribution in [2.24, 2.45) is 0 Å². The van der Waals surface area contributed by atoms with Crippen LogP contribution < -0.4 is 10.0 Å². The van der Waals surface area contributed by atoms with Gasteiger partial charge in [-0.2, -0.15) is 5.10 Å². The van der Waals surface area contributed by atoms with Crippen LogP contribution in [0, 0.1) is 0 Å². The van der Waals surface area contributed by atoms with E-state index in [1.165, 1.54) is 12.3 Å². The largest absolute Gasteiger partial charge is 0.383 e. The fraction of sp³-hybridized carbons (Fsp3) is 0.625. The first-order valence-electron chi connectivity index (χ1n) is 4.85. The van der Waals surface area contributed by atoms with E-state index < -0.39 is 10.0 Å². The van der Waals surface area contributed by atoms with Crippen LogP contribution in [0.25, 0.3) is 0 Å². The molecule has 0 amide bonds. The van der Waals surface area contributed by atoms with Gasteiger partial charge in [0.15, 0.2) is 5.03 Å². The van der Waals surface area contributed by atoms with Gasteiger partial charge in [0.05, 0.1) is 12.8 Å². The molecule has 0 fully saturated rings. The zero-order valence-corrected chi connectivity index (χ0v) is 9.88. The second kappa shape index (κ2) is 6.59. The molecule has 0 spiro atoms. The van der Waals surface area contributed by atoms with Gasteiger partial charge in [-0.3, -0.25) is 5.10 Å². The number of H-pyrrole nitrogens is 1. The highest BCUT2D eigenvalue weighted by Crippen LogP contribution is 2.00. The summed E-state index contributed by atoms with van der Waals surface area (Å²) in [5, 5.41) is 9.08. The number of hydrogen-bond acceptors (Lipinski definition) is 5. The fourth-order valence-electron chi connectivity index (χ4n) is 1.04. The van der Waals surface area contributed by atoms with Crippen molar-refractivity contribution in [3.05, 3.63) is 12.3 Å². The molecule has 0 unspecified atom stereocenters. The van der Waals surface area contributed by atoms with Crippen LogP contribution in [-0.2, 0) is 14.8 Å². The number of hydrogen-bond donors (Lipinski definition) is 3. The van der Waals surface area contributed by atoms with Crippen molar-refractivity contribution in [3.63, 3.8) is 0 Å². The van der Waals surface area contributed by atoms with Gasteiger partial charge in [0.25, 0.3) is 10.0 Å². The Balaban J connectivity index is 2.22. The first-order valence-corrected chi connectivity index (χ1v) is 6.34. The van der Waals surface area contributed by atoms with Gasteiger partial charge in [0.1, 0.15) is 0 Å². The van der Waals surface area contributed by atoms with Crippen molar-refractivity contribution in [1.29, 1.82) is 0 Å². The Morgan fingerprint density at radius 3 is 2.88 bits per heavy atom. The van der Waals surface area contributed by atoms with Crippen molar-refractivity contribution >= 4 is 10.0 Å². The minimum atomic E-state index is -3.45. The van der Waals surface area contributed by atoms with E-state index in [0.717, 1.165) is 0 Å². The molecule has 1 aromatic heterocycles. The summed E-state index contributed by atoms with van der Waals surface area (Å²) in [7, 11) is -1.84. The standard InChI is InChI=1S/C8H16N4O3S/c1-15-7-6-9-4-5-11-16(13,14)8-2-3-10-12-8/h2-3,9,11H,4-7H2,1H3,(H,10,12). The summed E-state index contributed by atoms with van der Waals surface area (Å²) in [4.78, 5) is 0. The highest BCUT2D eigenvalue weighted by molar-refractivity contribution is 7.89. The molecule has 0 aliphatic carbocycles. The maximum Gasteiger partial charge on any atom is 0.257 e. The molecule has 0 saturated carbocycles. The highest BCUT2D eigenvalue weighted by atomic mass is 32.2. The van der Waals surface area contributed by atoms with Gasteiger partial charge < -0.3 is 10.1 Å². The van der Waals surface area contributed by atoms with Gasteiger partial charge >= 0.3 is 0 Å². The van der Waals surface area contributed by atoms with Crippen LogP contribution >= 0.6 is 0 Å². The molecule has 8 heteroatoms. The van der Waals surface area contributed by atoms with Gasteiger partial charge in [0.2, 0.25) is 0 Å². The quantitative estimate of drug-likeness (QED) is 0.509. The van der Waals surface area contributed by atoms with Crippen molar-refractivity contribution < 1.29 is 13.2 Å². The fourth-order valence-corrected chi connectivity index (χ4v) is 1.98. The minimum absolute atomic E-state index is 0.0735. The van der Waals surface area contributed by atoms with Crippen LogP contribution in [0.5, 0.6) is 0 Å². The summed E-state index contributed by atoms with van der Waals surface area (Å²) in [6, 6.07) is 1.40. The Morgan fingerprint density at radius 2 is 2.25 bits per heavy atom. The zero-order valence-electron chi connectivity index (χ0n) is 9.06. The van der Waals surface area contributed by atoms with E-state index in [2.05, 4.69) is 20.2 Å². The van der Waals surface area contributed by atoms with E-state index in [4.69, 9.17) is 4.74 Å².